The van der Waals surface area contributed by atoms with Crippen LogP contribution in [0.15, 0.2) is 35.5 Å². The molecule has 2 heterocycles. The Hall–Kier alpha value is -2.35. The molecule has 11 nitrogen and oxygen atoms in total. The molecule has 3 unspecified atom stereocenters. The van der Waals surface area contributed by atoms with E-state index in [0.29, 0.717) is 16.5 Å². The first-order valence-electron chi connectivity index (χ1n) is 11.4. The quantitative estimate of drug-likeness (QED) is 0.198. The number of anilines is 1. The van der Waals surface area contributed by atoms with Crippen LogP contribution in [0.1, 0.15) is 37.8 Å². The van der Waals surface area contributed by atoms with Crippen LogP contribution < -0.4 is 5.32 Å². The lowest BCUT2D eigenvalue weighted by molar-refractivity contribution is -0.199. The van der Waals surface area contributed by atoms with Gasteiger partial charge in [-0.15, -0.1) is 5.10 Å². The van der Waals surface area contributed by atoms with Gasteiger partial charge in [0.05, 0.1) is 5.54 Å². The summed E-state index contributed by atoms with van der Waals surface area (Å²) in [5.41, 5.74) is 1.45. The maximum absolute atomic E-state index is 10.6. The number of hydrogen-bond donors (Lipinski definition) is 6. The van der Waals surface area contributed by atoms with Crippen molar-refractivity contribution in [2.24, 2.45) is 0 Å². The lowest BCUT2D eigenvalue weighted by atomic mass is 9.83. The van der Waals surface area contributed by atoms with Crippen molar-refractivity contribution in [2.75, 3.05) is 11.1 Å². The van der Waals surface area contributed by atoms with Gasteiger partial charge in [0.25, 0.3) is 0 Å². The second-order valence-corrected chi connectivity index (χ2v) is 9.99. The second-order valence-electron chi connectivity index (χ2n) is 8.93. The average molecular weight is 489 g/mol. The number of nitrogens with one attached hydrogen (secondary N) is 1. The molecular formula is C22H28N6O5S. The van der Waals surface area contributed by atoms with Crippen molar-refractivity contribution in [1.82, 2.24) is 25.0 Å². The first-order valence-corrected chi connectivity index (χ1v) is 12.3. The van der Waals surface area contributed by atoms with Crippen LogP contribution in [0.3, 0.4) is 0 Å². The Labute approximate surface area is 199 Å². The van der Waals surface area contributed by atoms with Gasteiger partial charge in [-0.2, -0.15) is 0 Å². The molecule has 0 amide bonds. The summed E-state index contributed by atoms with van der Waals surface area (Å²) in [6.07, 6.45) is -5.50. The van der Waals surface area contributed by atoms with Crippen molar-refractivity contribution in [1.29, 1.82) is 0 Å². The van der Waals surface area contributed by atoms with E-state index in [9.17, 15) is 25.5 Å². The number of aliphatic hydroxyl groups excluding tert-OH is 5. The largest absolute Gasteiger partial charge is 0.388 e. The Morgan fingerprint density at radius 1 is 0.971 bits per heavy atom. The molecule has 6 atom stereocenters. The minimum Gasteiger partial charge on any atom is -0.388 e. The molecule has 0 spiro atoms. The van der Waals surface area contributed by atoms with Crippen molar-refractivity contribution < 1.29 is 25.5 Å². The first kappa shape index (κ1) is 23.4. The molecule has 34 heavy (non-hydrogen) atoms. The molecule has 2 aromatic heterocycles. The van der Waals surface area contributed by atoms with E-state index >= 15 is 0 Å². The number of nitrogens with zero attached hydrogens (tertiary/aromatic N) is 5. The molecule has 1 aromatic carbocycles. The minimum absolute atomic E-state index is 0.249. The summed E-state index contributed by atoms with van der Waals surface area (Å²) < 4.78 is 1.20. The highest BCUT2D eigenvalue weighted by Gasteiger charge is 2.50. The molecule has 0 saturated heterocycles. The lowest BCUT2D eigenvalue weighted by Crippen LogP contribution is -2.61. The molecule has 0 aliphatic heterocycles. The molecule has 2 aliphatic carbocycles. The summed E-state index contributed by atoms with van der Waals surface area (Å²) in [5, 5.41) is 63.9. The molecule has 0 radical (unpaired) electrons. The highest BCUT2D eigenvalue weighted by molar-refractivity contribution is 7.99. The van der Waals surface area contributed by atoms with Crippen LogP contribution in [0.2, 0.25) is 0 Å². The summed E-state index contributed by atoms with van der Waals surface area (Å²) in [6.45, 7) is 2.05. The van der Waals surface area contributed by atoms with Crippen molar-refractivity contribution in [3.05, 3.63) is 35.9 Å². The molecular weight excluding hydrogens is 460 g/mol. The van der Waals surface area contributed by atoms with E-state index in [1.54, 1.807) is 0 Å². The molecule has 12 heteroatoms. The average Bonchev–Trinajstić information content (AvgIpc) is 3.52. The second kappa shape index (κ2) is 9.02. The predicted octanol–water partition coefficient (Wildman–Crippen LogP) is 0.184. The molecule has 2 saturated carbocycles. The van der Waals surface area contributed by atoms with Gasteiger partial charge in [0.15, 0.2) is 22.1 Å². The fourth-order valence-corrected chi connectivity index (χ4v) is 5.15. The van der Waals surface area contributed by atoms with Crippen molar-refractivity contribution >= 4 is 28.7 Å². The minimum atomic E-state index is -1.70. The third kappa shape index (κ3) is 3.93. The van der Waals surface area contributed by atoms with Crippen LogP contribution >= 0.6 is 11.8 Å². The fraction of sp³-hybridized carbons (Fsp3) is 0.545. The van der Waals surface area contributed by atoms with Gasteiger partial charge in [0.1, 0.15) is 36.6 Å². The summed E-state index contributed by atoms with van der Waals surface area (Å²) in [5.74, 6) is 1.27. The Bertz CT molecular complexity index is 1140. The zero-order valence-electron chi connectivity index (χ0n) is 18.6. The highest BCUT2D eigenvalue weighted by Crippen LogP contribution is 2.48. The van der Waals surface area contributed by atoms with Gasteiger partial charge in [-0.05, 0) is 24.8 Å². The van der Waals surface area contributed by atoms with Crippen LogP contribution in [0, 0.1) is 0 Å². The molecule has 0 bridgehead atoms. The molecule has 2 aliphatic rings. The van der Waals surface area contributed by atoms with E-state index in [1.807, 2.05) is 25.1 Å². The van der Waals surface area contributed by atoms with E-state index in [-0.39, 0.29) is 11.2 Å². The third-order valence-corrected chi connectivity index (χ3v) is 7.61. The van der Waals surface area contributed by atoms with E-state index < -0.39 is 36.6 Å². The van der Waals surface area contributed by atoms with E-state index in [4.69, 9.17) is 0 Å². The van der Waals surface area contributed by atoms with Gasteiger partial charge in [-0.1, -0.05) is 54.2 Å². The van der Waals surface area contributed by atoms with Gasteiger partial charge in [0.2, 0.25) is 0 Å². The van der Waals surface area contributed by atoms with Gasteiger partial charge < -0.3 is 30.8 Å². The maximum atomic E-state index is 10.6. The number of hydrogen-bond acceptors (Lipinski definition) is 11. The van der Waals surface area contributed by atoms with Gasteiger partial charge in [-0.3, -0.25) is 0 Å². The van der Waals surface area contributed by atoms with Crippen LogP contribution in [0.25, 0.3) is 11.2 Å². The van der Waals surface area contributed by atoms with Crippen LogP contribution in [-0.2, 0) is 5.54 Å². The maximum Gasteiger partial charge on any atom is 0.191 e. The van der Waals surface area contributed by atoms with Crippen molar-refractivity contribution in [2.45, 2.75) is 73.4 Å². The summed E-state index contributed by atoms with van der Waals surface area (Å²) in [7, 11) is 0. The zero-order chi connectivity index (χ0) is 24.0. The number of fused-ring (bicyclic) bond motifs is 1. The van der Waals surface area contributed by atoms with Crippen LogP contribution in [-0.4, -0.2) is 86.8 Å². The molecule has 6 N–H and O–H groups in total. The van der Waals surface area contributed by atoms with Crippen LogP contribution in [0.5, 0.6) is 0 Å². The Balaban J connectivity index is 1.58. The standard InChI is InChI=1S/C22H28N6O5S/c1-2-10-34-21-23-19(25-22(8-9-22)11-6-4-3-5-7-11)12-20(24-21)28(27-26-12)13-14(29)16(31)18(33)17(32)15(13)30/h3-7,13-18,29-33H,2,8-10H2,1H3,(H,23,24,25)/t13?,14-,15+,16-,17?,18?/m0/s1. The number of rotatable bonds is 7. The Kier molecular flexibility index (Phi) is 6.21. The highest BCUT2D eigenvalue weighted by atomic mass is 32.2. The zero-order valence-corrected chi connectivity index (χ0v) is 19.4. The SMILES string of the molecule is CCCSc1nc(NC2(c3ccccc3)CC2)c2nnn(C3[C@@H](O)C(O)C(O)[C@@H](O)[C@H]3O)c2n1. The third-order valence-electron chi connectivity index (χ3n) is 6.55. The predicted molar refractivity (Wildman–Crippen MR) is 124 cm³/mol. The monoisotopic (exact) mass is 488 g/mol. The summed E-state index contributed by atoms with van der Waals surface area (Å²) in [4.78, 5) is 9.26. The Morgan fingerprint density at radius 3 is 2.24 bits per heavy atom. The fourth-order valence-electron chi connectivity index (χ4n) is 4.45. The normalized spacial score (nSPS) is 30.4. The van der Waals surface area contributed by atoms with E-state index in [2.05, 4.69) is 37.7 Å². The Morgan fingerprint density at radius 2 is 1.62 bits per heavy atom. The lowest BCUT2D eigenvalue weighted by Gasteiger charge is -2.41. The molecule has 182 valence electrons. The number of thioether (sulfide) groups is 1. The first-order chi connectivity index (χ1) is 16.4. The number of benzene rings is 1. The van der Waals surface area contributed by atoms with Gasteiger partial charge in [-0.25, -0.2) is 14.6 Å². The van der Waals surface area contributed by atoms with Crippen LogP contribution in [0.4, 0.5) is 5.82 Å². The van der Waals surface area contributed by atoms with Crippen molar-refractivity contribution in [3.8, 4) is 0 Å². The molecule has 5 rings (SSSR count). The van der Waals surface area contributed by atoms with E-state index in [0.717, 1.165) is 30.6 Å². The van der Waals surface area contributed by atoms with Gasteiger partial charge in [0, 0.05) is 5.75 Å². The molecule has 2 fully saturated rings. The number of aromatic nitrogens is 5. The smallest absolute Gasteiger partial charge is 0.191 e. The molecule has 3 aromatic rings. The topological polar surface area (TPSA) is 170 Å². The van der Waals surface area contributed by atoms with Gasteiger partial charge >= 0.3 is 0 Å². The van der Waals surface area contributed by atoms with E-state index in [1.165, 1.54) is 16.4 Å². The summed E-state index contributed by atoms with van der Waals surface area (Å²) in [6, 6.07) is 8.79. The number of aliphatic hydroxyl groups is 5. The summed E-state index contributed by atoms with van der Waals surface area (Å²) >= 11 is 1.46. The van der Waals surface area contributed by atoms with Crippen molar-refractivity contribution in [3.63, 3.8) is 0 Å².